The summed E-state index contributed by atoms with van der Waals surface area (Å²) in [6.07, 6.45) is -1.43. The fourth-order valence-corrected chi connectivity index (χ4v) is 2.56. The number of hydrogen-bond donors (Lipinski definition) is 2. The van der Waals surface area contributed by atoms with Gasteiger partial charge in [0.05, 0.1) is 25.3 Å². The second-order valence-electron chi connectivity index (χ2n) is 6.09. The van der Waals surface area contributed by atoms with Crippen molar-refractivity contribution in [2.45, 2.75) is 12.5 Å². The zero-order valence-corrected chi connectivity index (χ0v) is 14.9. The first-order valence-corrected chi connectivity index (χ1v) is 8.62. The lowest BCUT2D eigenvalue weighted by atomic mass is 10.1. The Bertz CT molecular complexity index is 992. The summed E-state index contributed by atoms with van der Waals surface area (Å²) in [7, 11) is 0. The van der Waals surface area contributed by atoms with E-state index in [1.54, 1.807) is 36.4 Å². The van der Waals surface area contributed by atoms with Crippen molar-refractivity contribution in [2.24, 2.45) is 0 Å². The van der Waals surface area contributed by atoms with Crippen molar-refractivity contribution in [3.63, 3.8) is 0 Å². The van der Waals surface area contributed by atoms with Gasteiger partial charge in [-0.1, -0.05) is 18.2 Å². The number of carbonyl (C=O) groups is 1. The molecule has 3 aromatic rings. The number of aliphatic hydroxyl groups is 2. The standard InChI is InChI=1S/C22H18N2O4/c1-23-16-7-11-19(12-8-16)28-18-9-5-15(6-10-18)20-4-2-3-17(24-20)13-21(26)22(27)14-25/h2-12,22,25,27H,13-14H2. The van der Waals surface area contributed by atoms with Crippen LogP contribution in [0.15, 0.2) is 66.7 Å². The molecule has 0 fully saturated rings. The molecular formula is C22H18N2O4. The third-order valence-corrected chi connectivity index (χ3v) is 4.06. The van der Waals surface area contributed by atoms with Crippen molar-refractivity contribution in [2.75, 3.05) is 6.61 Å². The minimum Gasteiger partial charge on any atom is -0.457 e. The van der Waals surface area contributed by atoms with Gasteiger partial charge in [0.15, 0.2) is 11.5 Å². The van der Waals surface area contributed by atoms with E-state index in [1.165, 1.54) is 0 Å². The first kappa shape index (κ1) is 19.2. The predicted molar refractivity (Wildman–Crippen MR) is 104 cm³/mol. The summed E-state index contributed by atoms with van der Waals surface area (Å²) in [6, 6.07) is 19.5. The third-order valence-electron chi connectivity index (χ3n) is 4.06. The highest BCUT2D eigenvalue weighted by molar-refractivity contribution is 5.84. The molecule has 2 N–H and O–H groups in total. The van der Waals surface area contributed by atoms with Crippen LogP contribution in [-0.2, 0) is 11.2 Å². The molecule has 3 rings (SSSR count). The molecule has 0 spiro atoms. The van der Waals surface area contributed by atoms with Crippen LogP contribution in [0.4, 0.5) is 5.69 Å². The number of ether oxygens (including phenoxy) is 1. The summed E-state index contributed by atoms with van der Waals surface area (Å²) < 4.78 is 5.76. The molecule has 2 aromatic carbocycles. The number of aromatic nitrogens is 1. The fourth-order valence-electron chi connectivity index (χ4n) is 2.56. The van der Waals surface area contributed by atoms with Crippen LogP contribution in [-0.4, -0.2) is 33.7 Å². The molecule has 0 saturated heterocycles. The first-order chi connectivity index (χ1) is 13.6. The topological polar surface area (TPSA) is 84.0 Å². The third kappa shape index (κ3) is 4.80. The Labute approximate surface area is 162 Å². The van der Waals surface area contributed by atoms with E-state index in [0.29, 0.717) is 28.6 Å². The van der Waals surface area contributed by atoms with Crippen LogP contribution in [0, 0.1) is 6.57 Å². The molecule has 0 bridgehead atoms. The van der Waals surface area contributed by atoms with E-state index < -0.39 is 18.5 Å². The van der Waals surface area contributed by atoms with E-state index in [2.05, 4.69) is 9.83 Å². The fraction of sp³-hybridized carbons (Fsp3) is 0.136. The van der Waals surface area contributed by atoms with Crippen LogP contribution in [0.1, 0.15) is 5.69 Å². The number of Topliss-reactive ketones (excluding diaryl/α,β-unsaturated/α-hetero) is 1. The quantitative estimate of drug-likeness (QED) is 0.618. The number of carbonyl (C=O) groups excluding carboxylic acids is 1. The molecule has 6 heteroatoms. The average Bonchev–Trinajstić information content (AvgIpc) is 2.74. The van der Waals surface area contributed by atoms with Crippen LogP contribution in [0.2, 0.25) is 0 Å². The zero-order valence-electron chi connectivity index (χ0n) is 14.9. The van der Waals surface area contributed by atoms with Gasteiger partial charge in [-0.3, -0.25) is 9.78 Å². The second kappa shape index (κ2) is 8.91. The Hall–Kier alpha value is -3.53. The number of aliphatic hydroxyl groups excluding tert-OH is 2. The van der Waals surface area contributed by atoms with Gasteiger partial charge in [0.2, 0.25) is 0 Å². The van der Waals surface area contributed by atoms with Gasteiger partial charge < -0.3 is 14.9 Å². The average molecular weight is 374 g/mol. The van der Waals surface area contributed by atoms with Gasteiger partial charge in [0, 0.05) is 11.3 Å². The van der Waals surface area contributed by atoms with Gasteiger partial charge in [0.25, 0.3) is 0 Å². The summed E-state index contributed by atoms with van der Waals surface area (Å²) in [5, 5.41) is 18.3. The Balaban J connectivity index is 1.71. The molecule has 0 aliphatic carbocycles. The molecule has 0 saturated carbocycles. The maximum atomic E-state index is 11.8. The van der Waals surface area contributed by atoms with Crippen molar-refractivity contribution in [1.82, 2.24) is 4.98 Å². The highest BCUT2D eigenvalue weighted by atomic mass is 16.5. The summed E-state index contributed by atoms with van der Waals surface area (Å²) in [6.45, 7) is 6.36. The van der Waals surface area contributed by atoms with Crippen LogP contribution < -0.4 is 4.74 Å². The highest BCUT2D eigenvalue weighted by Gasteiger charge is 2.15. The van der Waals surface area contributed by atoms with Gasteiger partial charge in [-0.15, -0.1) is 0 Å². The molecule has 0 aliphatic rings. The molecule has 1 heterocycles. The van der Waals surface area contributed by atoms with E-state index in [0.717, 1.165) is 5.56 Å². The number of rotatable bonds is 7. The van der Waals surface area contributed by atoms with Crippen molar-refractivity contribution in [3.8, 4) is 22.8 Å². The van der Waals surface area contributed by atoms with E-state index in [9.17, 15) is 9.90 Å². The van der Waals surface area contributed by atoms with Gasteiger partial charge in [0.1, 0.15) is 17.6 Å². The van der Waals surface area contributed by atoms with E-state index in [-0.39, 0.29) is 6.42 Å². The molecule has 0 radical (unpaired) electrons. The summed E-state index contributed by atoms with van der Waals surface area (Å²) in [4.78, 5) is 19.6. The Morgan fingerprint density at radius 1 is 1.04 bits per heavy atom. The number of ketones is 1. The maximum Gasteiger partial charge on any atom is 0.187 e. The lowest BCUT2D eigenvalue weighted by Gasteiger charge is -2.09. The summed E-state index contributed by atoms with van der Waals surface area (Å²) in [5.41, 5.74) is 2.62. The number of nitrogens with zero attached hydrogens (tertiary/aromatic N) is 2. The van der Waals surface area contributed by atoms with Crippen molar-refractivity contribution < 1.29 is 19.7 Å². The van der Waals surface area contributed by atoms with Gasteiger partial charge in [-0.05, 0) is 48.5 Å². The SMILES string of the molecule is [C-]#[N+]c1ccc(Oc2ccc(-c3cccc(CC(=O)C(O)CO)n3)cc2)cc1. The van der Waals surface area contributed by atoms with Crippen LogP contribution in [0.3, 0.4) is 0 Å². The Morgan fingerprint density at radius 2 is 1.68 bits per heavy atom. The van der Waals surface area contributed by atoms with Gasteiger partial charge in [-0.2, -0.15) is 0 Å². The molecule has 1 atom stereocenters. The van der Waals surface area contributed by atoms with Gasteiger partial charge in [-0.25, -0.2) is 4.85 Å². The molecule has 1 aromatic heterocycles. The summed E-state index contributed by atoms with van der Waals surface area (Å²) in [5.74, 6) is 0.818. The van der Waals surface area contributed by atoms with E-state index >= 15 is 0 Å². The van der Waals surface area contributed by atoms with E-state index in [1.807, 2.05) is 30.3 Å². The zero-order chi connectivity index (χ0) is 19.9. The van der Waals surface area contributed by atoms with Crippen molar-refractivity contribution in [3.05, 3.63) is 83.8 Å². The van der Waals surface area contributed by atoms with E-state index in [4.69, 9.17) is 16.4 Å². The molecule has 0 aliphatic heterocycles. The summed E-state index contributed by atoms with van der Waals surface area (Å²) >= 11 is 0. The maximum absolute atomic E-state index is 11.8. The molecule has 6 nitrogen and oxygen atoms in total. The van der Waals surface area contributed by atoms with Crippen molar-refractivity contribution >= 4 is 11.5 Å². The second-order valence-corrected chi connectivity index (χ2v) is 6.09. The van der Waals surface area contributed by atoms with Crippen LogP contribution >= 0.6 is 0 Å². The number of hydrogen-bond acceptors (Lipinski definition) is 5. The smallest absolute Gasteiger partial charge is 0.187 e. The normalized spacial score (nSPS) is 11.5. The van der Waals surface area contributed by atoms with Crippen molar-refractivity contribution in [1.29, 1.82) is 0 Å². The minimum absolute atomic E-state index is 0.0443. The Kier molecular flexibility index (Phi) is 6.12. The largest absolute Gasteiger partial charge is 0.457 e. The molecule has 28 heavy (non-hydrogen) atoms. The molecule has 0 amide bonds. The lowest BCUT2D eigenvalue weighted by Crippen LogP contribution is -2.26. The first-order valence-electron chi connectivity index (χ1n) is 8.62. The highest BCUT2D eigenvalue weighted by Crippen LogP contribution is 2.26. The number of pyridine rings is 1. The van der Waals surface area contributed by atoms with Crippen LogP contribution in [0.25, 0.3) is 16.1 Å². The van der Waals surface area contributed by atoms with Crippen LogP contribution in [0.5, 0.6) is 11.5 Å². The Morgan fingerprint density at radius 3 is 2.29 bits per heavy atom. The molecule has 140 valence electrons. The molecular weight excluding hydrogens is 356 g/mol. The lowest BCUT2D eigenvalue weighted by molar-refractivity contribution is -0.128. The minimum atomic E-state index is -1.38. The number of benzene rings is 2. The monoisotopic (exact) mass is 374 g/mol. The predicted octanol–water partition coefficient (Wildman–Crippen LogP) is 3.56. The van der Waals surface area contributed by atoms with Gasteiger partial charge >= 0.3 is 0 Å². The molecule has 1 unspecified atom stereocenters.